The van der Waals surface area contributed by atoms with Crippen molar-refractivity contribution in [3.05, 3.63) is 69.7 Å². The van der Waals surface area contributed by atoms with E-state index >= 15 is 0 Å². The van der Waals surface area contributed by atoms with E-state index in [2.05, 4.69) is 40.9 Å². The van der Waals surface area contributed by atoms with E-state index < -0.39 is 10.0 Å². The van der Waals surface area contributed by atoms with Crippen molar-refractivity contribution in [2.75, 3.05) is 6.54 Å². The summed E-state index contributed by atoms with van der Waals surface area (Å²) >= 11 is 1.62. The van der Waals surface area contributed by atoms with Crippen LogP contribution in [0.2, 0.25) is 0 Å². The molecule has 1 N–H and O–H groups in total. The van der Waals surface area contributed by atoms with Crippen LogP contribution in [0.5, 0.6) is 0 Å². The Morgan fingerprint density at radius 3 is 2.33 bits per heavy atom. The Hall–Kier alpha value is -2.02. The zero-order chi connectivity index (χ0) is 19.6. The van der Waals surface area contributed by atoms with Crippen LogP contribution in [0.15, 0.2) is 47.4 Å². The lowest BCUT2D eigenvalue weighted by molar-refractivity contribution is 0.581. The fourth-order valence-electron chi connectivity index (χ4n) is 2.74. The number of sulfonamides is 1. The lowest BCUT2D eigenvalue weighted by Gasteiger charge is -2.08. The van der Waals surface area contributed by atoms with Crippen LogP contribution in [0, 0.1) is 27.7 Å². The van der Waals surface area contributed by atoms with Gasteiger partial charge in [-0.15, -0.1) is 11.3 Å². The Balaban J connectivity index is 1.68. The SMILES string of the molecule is Cc1ccc(-c2nc(C)c(CCNS(=O)(=O)c3ccc(C)c(C)c3)s2)cc1. The van der Waals surface area contributed by atoms with Crippen LogP contribution in [0.3, 0.4) is 0 Å². The molecule has 0 aliphatic rings. The van der Waals surface area contributed by atoms with Gasteiger partial charge in [0.25, 0.3) is 0 Å². The molecule has 0 spiro atoms. The lowest BCUT2D eigenvalue weighted by atomic mass is 10.1. The molecular weight excluding hydrogens is 376 g/mol. The molecule has 0 bridgehead atoms. The third-order valence-electron chi connectivity index (χ3n) is 4.62. The van der Waals surface area contributed by atoms with Crippen LogP contribution >= 0.6 is 11.3 Å². The minimum Gasteiger partial charge on any atom is -0.241 e. The summed E-state index contributed by atoms with van der Waals surface area (Å²) in [7, 11) is -3.50. The maximum Gasteiger partial charge on any atom is 0.240 e. The first kappa shape index (κ1) is 19.7. The second kappa shape index (κ2) is 7.92. The van der Waals surface area contributed by atoms with Crippen molar-refractivity contribution in [2.24, 2.45) is 0 Å². The zero-order valence-electron chi connectivity index (χ0n) is 16.0. The summed E-state index contributed by atoms with van der Waals surface area (Å²) in [5.74, 6) is 0. The van der Waals surface area contributed by atoms with Gasteiger partial charge in [0.2, 0.25) is 10.0 Å². The van der Waals surface area contributed by atoms with Gasteiger partial charge in [0.15, 0.2) is 0 Å². The molecule has 3 rings (SSSR count). The highest BCUT2D eigenvalue weighted by Gasteiger charge is 2.15. The quantitative estimate of drug-likeness (QED) is 0.660. The summed E-state index contributed by atoms with van der Waals surface area (Å²) in [5, 5.41) is 0.972. The van der Waals surface area contributed by atoms with E-state index in [0.717, 1.165) is 32.3 Å². The molecule has 0 atom stereocenters. The van der Waals surface area contributed by atoms with Gasteiger partial charge in [-0.25, -0.2) is 18.1 Å². The molecular formula is C21H24N2O2S2. The number of rotatable bonds is 6. The zero-order valence-corrected chi connectivity index (χ0v) is 17.7. The number of hydrogen-bond acceptors (Lipinski definition) is 4. The highest BCUT2D eigenvalue weighted by atomic mass is 32.2. The van der Waals surface area contributed by atoms with Gasteiger partial charge in [0.1, 0.15) is 5.01 Å². The van der Waals surface area contributed by atoms with E-state index in [0.29, 0.717) is 17.9 Å². The summed E-state index contributed by atoms with van der Waals surface area (Å²) in [6.45, 7) is 8.27. The molecule has 27 heavy (non-hydrogen) atoms. The first-order chi connectivity index (χ1) is 12.8. The third kappa shape index (κ3) is 4.64. The summed E-state index contributed by atoms with van der Waals surface area (Å²) in [5.41, 5.74) is 5.32. The number of nitrogens with one attached hydrogen (secondary N) is 1. The Morgan fingerprint density at radius 2 is 1.67 bits per heavy atom. The average Bonchev–Trinajstić information content (AvgIpc) is 2.98. The smallest absolute Gasteiger partial charge is 0.240 e. The second-order valence-corrected chi connectivity index (χ2v) is 9.64. The Morgan fingerprint density at radius 1 is 0.963 bits per heavy atom. The first-order valence-corrected chi connectivity index (χ1v) is 11.2. The van der Waals surface area contributed by atoms with E-state index in [4.69, 9.17) is 0 Å². The molecule has 0 aliphatic carbocycles. The largest absolute Gasteiger partial charge is 0.241 e. The van der Waals surface area contributed by atoms with Crippen LogP contribution < -0.4 is 4.72 Å². The molecule has 142 valence electrons. The highest BCUT2D eigenvalue weighted by Crippen LogP contribution is 2.28. The van der Waals surface area contributed by atoms with Gasteiger partial charge < -0.3 is 0 Å². The number of aromatic nitrogens is 1. The Bertz CT molecular complexity index is 1050. The Kier molecular flexibility index (Phi) is 5.79. The fourth-order valence-corrected chi connectivity index (χ4v) is 4.93. The Labute approximate surface area is 165 Å². The monoisotopic (exact) mass is 400 g/mol. The molecule has 0 saturated carbocycles. The van der Waals surface area contributed by atoms with Crippen molar-refractivity contribution in [3.8, 4) is 10.6 Å². The predicted molar refractivity (Wildman–Crippen MR) is 112 cm³/mol. The molecule has 1 aromatic heterocycles. The molecule has 4 nitrogen and oxygen atoms in total. The van der Waals surface area contributed by atoms with Gasteiger partial charge in [-0.2, -0.15) is 0 Å². The summed E-state index contributed by atoms with van der Waals surface area (Å²) < 4.78 is 27.7. The molecule has 0 saturated heterocycles. The molecule has 1 heterocycles. The molecule has 3 aromatic rings. The molecule has 2 aromatic carbocycles. The third-order valence-corrected chi connectivity index (χ3v) is 7.35. The predicted octanol–water partition coefficient (Wildman–Crippen LogP) is 4.56. The van der Waals surface area contributed by atoms with Crippen molar-refractivity contribution in [2.45, 2.75) is 39.0 Å². The van der Waals surface area contributed by atoms with Crippen molar-refractivity contribution >= 4 is 21.4 Å². The lowest BCUT2D eigenvalue weighted by Crippen LogP contribution is -2.26. The van der Waals surface area contributed by atoms with Gasteiger partial charge in [-0.05, 0) is 57.4 Å². The summed E-state index contributed by atoms with van der Waals surface area (Å²) in [6, 6.07) is 13.5. The van der Waals surface area contributed by atoms with Crippen molar-refractivity contribution < 1.29 is 8.42 Å². The summed E-state index contributed by atoms with van der Waals surface area (Å²) in [4.78, 5) is 6.06. The van der Waals surface area contributed by atoms with Gasteiger partial charge in [0.05, 0.1) is 10.6 Å². The van der Waals surface area contributed by atoms with Gasteiger partial charge in [-0.1, -0.05) is 35.9 Å². The van der Waals surface area contributed by atoms with Crippen LogP contribution in [-0.2, 0) is 16.4 Å². The minimum absolute atomic E-state index is 0.312. The van der Waals surface area contributed by atoms with Gasteiger partial charge in [0, 0.05) is 17.0 Å². The molecule has 0 aliphatic heterocycles. The van der Waals surface area contributed by atoms with Gasteiger partial charge in [-0.3, -0.25) is 0 Å². The van der Waals surface area contributed by atoms with E-state index in [1.807, 2.05) is 26.8 Å². The number of thiazole rings is 1. The van der Waals surface area contributed by atoms with Crippen LogP contribution in [0.25, 0.3) is 10.6 Å². The fraction of sp³-hybridized carbons (Fsp3) is 0.286. The first-order valence-electron chi connectivity index (χ1n) is 8.86. The van der Waals surface area contributed by atoms with Crippen LogP contribution in [-0.4, -0.2) is 19.9 Å². The number of nitrogens with zero attached hydrogens (tertiary/aromatic N) is 1. The average molecular weight is 401 g/mol. The number of aryl methyl sites for hydroxylation is 4. The second-order valence-electron chi connectivity index (χ2n) is 6.79. The number of benzene rings is 2. The van der Waals surface area contributed by atoms with Crippen molar-refractivity contribution in [1.29, 1.82) is 0 Å². The normalized spacial score (nSPS) is 11.7. The molecule has 0 radical (unpaired) electrons. The molecule has 0 unspecified atom stereocenters. The van der Waals surface area contributed by atoms with E-state index in [1.54, 1.807) is 23.5 Å². The standard InChI is InChI=1S/C21H24N2O2S2/c1-14-5-8-18(9-6-14)21-23-17(4)20(26-21)11-12-22-27(24,25)19-10-7-15(2)16(3)13-19/h5-10,13,22H,11-12H2,1-4H3. The highest BCUT2D eigenvalue weighted by molar-refractivity contribution is 7.89. The molecule has 0 amide bonds. The number of hydrogen-bond donors (Lipinski definition) is 1. The van der Waals surface area contributed by atoms with E-state index in [1.165, 1.54) is 5.56 Å². The van der Waals surface area contributed by atoms with Crippen molar-refractivity contribution in [1.82, 2.24) is 9.71 Å². The minimum atomic E-state index is -3.50. The van der Waals surface area contributed by atoms with Crippen LogP contribution in [0.1, 0.15) is 27.3 Å². The molecule has 0 fully saturated rings. The van der Waals surface area contributed by atoms with Crippen molar-refractivity contribution in [3.63, 3.8) is 0 Å². The summed E-state index contributed by atoms with van der Waals surface area (Å²) in [6.07, 6.45) is 0.624. The maximum atomic E-state index is 12.5. The molecule has 6 heteroatoms. The van der Waals surface area contributed by atoms with E-state index in [-0.39, 0.29) is 0 Å². The van der Waals surface area contributed by atoms with Gasteiger partial charge >= 0.3 is 0 Å². The topological polar surface area (TPSA) is 59.1 Å². The maximum absolute atomic E-state index is 12.5. The van der Waals surface area contributed by atoms with Crippen LogP contribution in [0.4, 0.5) is 0 Å². The van der Waals surface area contributed by atoms with E-state index in [9.17, 15) is 8.42 Å².